The van der Waals surface area contributed by atoms with E-state index in [1.54, 1.807) is 0 Å². The summed E-state index contributed by atoms with van der Waals surface area (Å²) in [4.78, 5) is 4.98. The number of aromatic nitrogens is 4. The SMILES string of the molecule is c1ccc2c(c1)ccc1c2c2ccccc2n1-c1ccc(-n2c3ccccc3c3nc4ccccn4c32)cc1. The summed E-state index contributed by atoms with van der Waals surface area (Å²) in [5.41, 5.74) is 8.91. The standard InChI is InChI=1S/C35H22N4/c1-2-10-26-23(9-1)16-21-31-33(26)27-11-3-5-13-29(27)38(31)24-17-19-25(20-18-24)39-30-14-6-4-12-28(30)34-35(39)37-22-8-7-15-32(37)36-34/h1-22H. The molecule has 182 valence electrons. The molecule has 0 saturated heterocycles. The Morgan fingerprint density at radius 1 is 0.462 bits per heavy atom. The smallest absolute Gasteiger partial charge is 0.150 e. The van der Waals surface area contributed by atoms with Crippen LogP contribution in [0.2, 0.25) is 0 Å². The number of hydrogen-bond acceptors (Lipinski definition) is 1. The zero-order valence-electron chi connectivity index (χ0n) is 21.0. The maximum Gasteiger partial charge on any atom is 0.150 e. The predicted octanol–water partition coefficient (Wildman–Crippen LogP) is 8.68. The molecular weight excluding hydrogens is 476 g/mol. The molecule has 0 atom stereocenters. The van der Waals surface area contributed by atoms with Gasteiger partial charge in [0.05, 0.1) is 16.6 Å². The predicted molar refractivity (Wildman–Crippen MR) is 161 cm³/mol. The Labute approximate surface area is 223 Å². The lowest BCUT2D eigenvalue weighted by atomic mass is 10.0. The Bertz CT molecular complexity index is 2380. The van der Waals surface area contributed by atoms with Crippen LogP contribution in [0, 0.1) is 0 Å². The normalized spacial score (nSPS) is 12.1. The number of nitrogens with zero attached hydrogens (tertiary/aromatic N) is 4. The van der Waals surface area contributed by atoms with E-state index in [4.69, 9.17) is 4.98 Å². The molecule has 0 aliphatic rings. The van der Waals surface area contributed by atoms with Gasteiger partial charge in [0.2, 0.25) is 0 Å². The second-order valence-corrected chi connectivity index (χ2v) is 10.1. The zero-order chi connectivity index (χ0) is 25.5. The fourth-order valence-electron chi connectivity index (χ4n) is 6.39. The van der Waals surface area contributed by atoms with Crippen molar-refractivity contribution in [2.75, 3.05) is 0 Å². The third-order valence-electron chi connectivity index (χ3n) is 8.04. The van der Waals surface area contributed by atoms with Crippen molar-refractivity contribution < 1.29 is 0 Å². The van der Waals surface area contributed by atoms with E-state index in [0.717, 1.165) is 39.1 Å². The van der Waals surface area contributed by atoms with E-state index in [2.05, 4.69) is 141 Å². The molecule has 4 heterocycles. The topological polar surface area (TPSA) is 27.2 Å². The third-order valence-corrected chi connectivity index (χ3v) is 8.04. The van der Waals surface area contributed by atoms with Crippen LogP contribution >= 0.6 is 0 Å². The van der Waals surface area contributed by atoms with Crippen LogP contribution < -0.4 is 0 Å². The molecule has 0 bridgehead atoms. The van der Waals surface area contributed by atoms with Gasteiger partial charge >= 0.3 is 0 Å². The lowest BCUT2D eigenvalue weighted by molar-refractivity contribution is 1.09. The molecule has 0 radical (unpaired) electrons. The molecule has 0 fully saturated rings. The highest BCUT2D eigenvalue weighted by atomic mass is 15.1. The maximum atomic E-state index is 4.98. The van der Waals surface area contributed by atoms with Crippen LogP contribution in [0.3, 0.4) is 0 Å². The molecule has 0 aliphatic carbocycles. The average Bonchev–Trinajstić information content (AvgIpc) is 3.64. The minimum absolute atomic E-state index is 0.955. The molecule has 0 saturated carbocycles. The van der Waals surface area contributed by atoms with Gasteiger partial charge in [-0.15, -0.1) is 0 Å². The summed E-state index contributed by atoms with van der Waals surface area (Å²) in [6.45, 7) is 0. The van der Waals surface area contributed by atoms with Gasteiger partial charge in [-0.25, -0.2) is 4.98 Å². The van der Waals surface area contributed by atoms with Crippen molar-refractivity contribution in [3.63, 3.8) is 0 Å². The van der Waals surface area contributed by atoms with E-state index in [0.29, 0.717) is 0 Å². The van der Waals surface area contributed by atoms with E-state index < -0.39 is 0 Å². The Hall–Kier alpha value is -5.35. The highest BCUT2D eigenvalue weighted by Gasteiger charge is 2.18. The van der Waals surface area contributed by atoms with Crippen LogP contribution in [0.1, 0.15) is 0 Å². The van der Waals surface area contributed by atoms with Crippen molar-refractivity contribution >= 4 is 60.3 Å². The summed E-state index contributed by atoms with van der Waals surface area (Å²) in [6.07, 6.45) is 2.09. The molecule has 4 aromatic heterocycles. The third kappa shape index (κ3) is 2.75. The second-order valence-electron chi connectivity index (χ2n) is 10.1. The Kier molecular flexibility index (Phi) is 4.02. The number of benzene rings is 5. The maximum absolute atomic E-state index is 4.98. The van der Waals surface area contributed by atoms with Crippen LogP contribution in [-0.4, -0.2) is 18.5 Å². The van der Waals surface area contributed by atoms with Crippen molar-refractivity contribution in [3.8, 4) is 11.4 Å². The van der Waals surface area contributed by atoms with E-state index in [1.807, 2.05) is 6.07 Å². The summed E-state index contributed by atoms with van der Waals surface area (Å²) in [5, 5.41) is 6.29. The highest BCUT2D eigenvalue weighted by molar-refractivity contribution is 6.21. The molecule has 0 spiro atoms. The number of pyridine rings is 1. The van der Waals surface area contributed by atoms with Crippen molar-refractivity contribution in [1.82, 2.24) is 18.5 Å². The van der Waals surface area contributed by atoms with Crippen LogP contribution in [0.5, 0.6) is 0 Å². The van der Waals surface area contributed by atoms with Gasteiger partial charge in [-0.3, -0.25) is 8.97 Å². The number of rotatable bonds is 2. The lowest BCUT2D eigenvalue weighted by Crippen LogP contribution is -1.99. The summed E-state index contributed by atoms with van der Waals surface area (Å²) in [6, 6.07) is 45.5. The molecule has 39 heavy (non-hydrogen) atoms. The van der Waals surface area contributed by atoms with E-state index in [9.17, 15) is 0 Å². The quantitative estimate of drug-likeness (QED) is 0.234. The van der Waals surface area contributed by atoms with Gasteiger partial charge < -0.3 is 4.57 Å². The fraction of sp³-hybridized carbons (Fsp3) is 0. The molecule has 0 N–H and O–H groups in total. The van der Waals surface area contributed by atoms with Gasteiger partial charge in [0, 0.05) is 33.7 Å². The van der Waals surface area contributed by atoms with Crippen LogP contribution in [0.25, 0.3) is 71.7 Å². The molecule has 9 rings (SSSR count). The van der Waals surface area contributed by atoms with Crippen molar-refractivity contribution in [3.05, 3.63) is 134 Å². The van der Waals surface area contributed by atoms with Gasteiger partial charge in [-0.1, -0.05) is 72.8 Å². The van der Waals surface area contributed by atoms with Gasteiger partial charge in [-0.2, -0.15) is 0 Å². The average molecular weight is 499 g/mol. The molecular formula is C35H22N4. The number of para-hydroxylation sites is 2. The van der Waals surface area contributed by atoms with E-state index >= 15 is 0 Å². The largest absolute Gasteiger partial charge is 0.309 e. The number of hydrogen-bond donors (Lipinski definition) is 0. The molecule has 5 aromatic carbocycles. The molecule has 0 aliphatic heterocycles. The van der Waals surface area contributed by atoms with E-state index in [1.165, 1.54) is 32.6 Å². The Balaban J connectivity index is 1.31. The highest BCUT2D eigenvalue weighted by Crippen LogP contribution is 2.37. The van der Waals surface area contributed by atoms with Gasteiger partial charge in [0.1, 0.15) is 11.2 Å². The summed E-state index contributed by atoms with van der Waals surface area (Å²) >= 11 is 0. The number of imidazole rings is 1. The Morgan fingerprint density at radius 2 is 1.10 bits per heavy atom. The van der Waals surface area contributed by atoms with Gasteiger partial charge in [0.25, 0.3) is 0 Å². The molecule has 4 heteroatoms. The van der Waals surface area contributed by atoms with Gasteiger partial charge in [-0.05, 0) is 65.4 Å². The summed E-state index contributed by atoms with van der Waals surface area (Å²) in [7, 11) is 0. The van der Waals surface area contributed by atoms with Gasteiger partial charge in [0.15, 0.2) is 5.65 Å². The van der Waals surface area contributed by atoms with Crippen molar-refractivity contribution in [1.29, 1.82) is 0 Å². The lowest BCUT2D eigenvalue weighted by Gasteiger charge is -2.12. The first-order valence-electron chi connectivity index (χ1n) is 13.2. The fourth-order valence-corrected chi connectivity index (χ4v) is 6.39. The first-order chi connectivity index (χ1) is 19.4. The van der Waals surface area contributed by atoms with Crippen LogP contribution in [0.15, 0.2) is 134 Å². The molecule has 0 amide bonds. The van der Waals surface area contributed by atoms with Crippen molar-refractivity contribution in [2.24, 2.45) is 0 Å². The second kappa shape index (κ2) is 7.59. The minimum atomic E-state index is 0.955. The summed E-state index contributed by atoms with van der Waals surface area (Å²) in [5.74, 6) is 0. The van der Waals surface area contributed by atoms with E-state index in [-0.39, 0.29) is 0 Å². The zero-order valence-corrected chi connectivity index (χ0v) is 21.0. The Morgan fingerprint density at radius 3 is 1.92 bits per heavy atom. The molecule has 0 unspecified atom stereocenters. The molecule has 4 nitrogen and oxygen atoms in total. The van der Waals surface area contributed by atoms with Crippen LogP contribution in [0.4, 0.5) is 0 Å². The molecule has 9 aromatic rings. The van der Waals surface area contributed by atoms with Crippen LogP contribution in [-0.2, 0) is 0 Å². The summed E-state index contributed by atoms with van der Waals surface area (Å²) < 4.78 is 6.90. The minimum Gasteiger partial charge on any atom is -0.309 e. The van der Waals surface area contributed by atoms with Crippen molar-refractivity contribution in [2.45, 2.75) is 0 Å². The monoisotopic (exact) mass is 498 g/mol. The first kappa shape index (κ1) is 20.7. The first-order valence-corrected chi connectivity index (χ1v) is 13.2. The number of fused-ring (bicyclic) bond motifs is 10.